The Hall–Kier alpha value is -2.18. The molecule has 2 atom stereocenters. The van der Waals surface area contributed by atoms with E-state index in [-0.39, 0.29) is 11.9 Å². The second-order valence-corrected chi connectivity index (χ2v) is 8.45. The summed E-state index contributed by atoms with van der Waals surface area (Å²) in [4.78, 5) is 16.5. The molecular weight excluding hydrogens is 344 g/mol. The second-order valence-electron chi connectivity index (χ2n) is 7.50. The molecule has 2 aromatic heterocycles. The van der Waals surface area contributed by atoms with E-state index in [1.807, 2.05) is 12.1 Å². The highest BCUT2D eigenvalue weighted by Gasteiger charge is 2.39. The number of amides is 1. The number of benzene rings is 1. The Kier molecular flexibility index (Phi) is 3.83. The van der Waals surface area contributed by atoms with Crippen molar-refractivity contribution in [2.24, 2.45) is 0 Å². The van der Waals surface area contributed by atoms with Gasteiger partial charge in [0.15, 0.2) is 5.69 Å². The van der Waals surface area contributed by atoms with Crippen molar-refractivity contribution < 1.29 is 4.79 Å². The number of rotatable bonds is 3. The van der Waals surface area contributed by atoms with E-state index in [1.165, 1.54) is 17.7 Å². The van der Waals surface area contributed by atoms with E-state index in [4.69, 9.17) is 0 Å². The van der Waals surface area contributed by atoms with Gasteiger partial charge in [-0.15, -0.1) is 11.3 Å². The highest BCUT2D eigenvalue weighted by atomic mass is 32.1. The minimum atomic E-state index is -0.0610. The smallest absolute Gasteiger partial charge is 0.272 e. The molecule has 1 amide bonds. The summed E-state index contributed by atoms with van der Waals surface area (Å²) in [5, 5.41) is 13.5. The van der Waals surface area contributed by atoms with Crippen LogP contribution in [0.4, 0.5) is 0 Å². The van der Waals surface area contributed by atoms with E-state index >= 15 is 0 Å². The summed E-state index contributed by atoms with van der Waals surface area (Å²) < 4.78 is 0. The largest absolute Gasteiger partial charge is 0.348 e. The van der Waals surface area contributed by atoms with Gasteiger partial charge in [-0.1, -0.05) is 12.1 Å². The first-order valence-electron chi connectivity index (χ1n) is 9.24. The molecule has 3 aromatic rings. The molecule has 5 nitrogen and oxygen atoms in total. The maximum atomic E-state index is 12.8. The van der Waals surface area contributed by atoms with Gasteiger partial charge >= 0.3 is 0 Å². The molecular formula is C20H22N4OS. The average Bonchev–Trinajstić information content (AvgIpc) is 3.34. The van der Waals surface area contributed by atoms with Crippen LogP contribution in [0.2, 0.25) is 0 Å². The summed E-state index contributed by atoms with van der Waals surface area (Å²) in [6, 6.07) is 11.8. The molecule has 4 heterocycles. The summed E-state index contributed by atoms with van der Waals surface area (Å²) in [6.45, 7) is 0. The zero-order chi connectivity index (χ0) is 17.7. The zero-order valence-corrected chi connectivity index (χ0v) is 15.6. The molecule has 2 bridgehead atoms. The van der Waals surface area contributed by atoms with Crippen molar-refractivity contribution in [2.75, 3.05) is 7.05 Å². The van der Waals surface area contributed by atoms with E-state index in [9.17, 15) is 4.79 Å². The number of piperidine rings is 1. The lowest BCUT2D eigenvalue weighted by atomic mass is 9.98. The maximum absolute atomic E-state index is 12.8. The number of carbonyl (C=O) groups is 1. The van der Waals surface area contributed by atoms with Gasteiger partial charge in [-0.3, -0.25) is 9.89 Å². The molecule has 0 saturated carbocycles. The molecule has 2 aliphatic heterocycles. The van der Waals surface area contributed by atoms with Crippen LogP contribution in [0.1, 0.15) is 36.2 Å². The molecule has 0 spiro atoms. The van der Waals surface area contributed by atoms with E-state index in [2.05, 4.69) is 51.0 Å². The van der Waals surface area contributed by atoms with Gasteiger partial charge in [-0.25, -0.2) is 0 Å². The van der Waals surface area contributed by atoms with Crippen LogP contribution in [0.3, 0.4) is 0 Å². The van der Waals surface area contributed by atoms with E-state index in [0.29, 0.717) is 17.8 Å². The fraction of sp³-hybridized carbons (Fsp3) is 0.400. The van der Waals surface area contributed by atoms with Crippen molar-refractivity contribution in [3.8, 4) is 10.4 Å². The van der Waals surface area contributed by atoms with Crippen LogP contribution in [-0.2, 0) is 0 Å². The van der Waals surface area contributed by atoms with E-state index < -0.39 is 0 Å². The number of nitrogens with one attached hydrogen (secondary N) is 2. The SMILES string of the molecule is CN1C2CCC1CC(NC(=O)c1n[nH]c3cc(-c4cccs4)ccc13)C2. The number of aromatic amines is 1. The second kappa shape index (κ2) is 6.21. The van der Waals surface area contributed by atoms with Crippen molar-refractivity contribution in [1.82, 2.24) is 20.4 Å². The van der Waals surface area contributed by atoms with Crippen LogP contribution in [0.15, 0.2) is 35.7 Å². The summed E-state index contributed by atoms with van der Waals surface area (Å²) in [6.07, 6.45) is 4.60. The molecule has 134 valence electrons. The zero-order valence-electron chi connectivity index (χ0n) is 14.7. The number of aromatic nitrogens is 2. The monoisotopic (exact) mass is 366 g/mol. The Balaban J connectivity index is 1.36. The third kappa shape index (κ3) is 2.64. The van der Waals surface area contributed by atoms with Gasteiger partial charge in [-0.05, 0) is 61.9 Å². The van der Waals surface area contributed by atoms with Gasteiger partial charge in [0.1, 0.15) is 0 Å². The minimum Gasteiger partial charge on any atom is -0.348 e. The lowest BCUT2D eigenvalue weighted by molar-refractivity contribution is 0.0879. The van der Waals surface area contributed by atoms with Crippen molar-refractivity contribution in [1.29, 1.82) is 0 Å². The molecule has 2 fully saturated rings. The van der Waals surface area contributed by atoms with Crippen molar-refractivity contribution in [3.05, 3.63) is 41.4 Å². The highest BCUT2D eigenvalue weighted by molar-refractivity contribution is 7.13. The predicted molar refractivity (Wildman–Crippen MR) is 104 cm³/mol. The molecule has 1 aromatic carbocycles. The Labute approximate surface area is 156 Å². The van der Waals surface area contributed by atoms with Gasteiger partial charge in [0.05, 0.1) is 5.52 Å². The quantitative estimate of drug-likeness (QED) is 0.744. The highest BCUT2D eigenvalue weighted by Crippen LogP contribution is 2.34. The molecule has 5 rings (SSSR count). The Morgan fingerprint density at radius 3 is 2.81 bits per heavy atom. The van der Waals surface area contributed by atoms with Gasteiger partial charge in [0.25, 0.3) is 5.91 Å². The van der Waals surface area contributed by atoms with Crippen LogP contribution < -0.4 is 5.32 Å². The molecule has 2 unspecified atom stereocenters. The minimum absolute atomic E-state index is 0.0610. The standard InChI is InChI=1S/C20H22N4OS/c1-24-14-5-6-15(24)11-13(10-14)21-20(25)19-16-7-4-12(9-17(16)22-23-19)18-3-2-8-26-18/h2-4,7-9,13-15H,5-6,10-11H2,1H3,(H,21,25)(H,22,23). The number of carbonyl (C=O) groups excluding carboxylic acids is 1. The van der Waals surface area contributed by atoms with Gasteiger partial charge in [0, 0.05) is 28.4 Å². The van der Waals surface area contributed by atoms with Gasteiger partial charge in [-0.2, -0.15) is 5.10 Å². The van der Waals surface area contributed by atoms with Gasteiger partial charge in [0.2, 0.25) is 0 Å². The fourth-order valence-electron chi connectivity index (χ4n) is 4.57. The third-order valence-corrected chi connectivity index (χ3v) is 6.94. The van der Waals surface area contributed by atoms with E-state index in [1.54, 1.807) is 11.3 Å². The summed E-state index contributed by atoms with van der Waals surface area (Å²) >= 11 is 1.71. The van der Waals surface area contributed by atoms with Crippen LogP contribution in [0.25, 0.3) is 21.3 Å². The molecule has 0 aliphatic carbocycles. The fourth-order valence-corrected chi connectivity index (χ4v) is 5.30. The number of hydrogen-bond acceptors (Lipinski definition) is 4. The first-order valence-corrected chi connectivity index (χ1v) is 10.1. The lowest BCUT2D eigenvalue weighted by Crippen LogP contribution is -2.48. The lowest BCUT2D eigenvalue weighted by Gasteiger charge is -2.36. The summed E-state index contributed by atoms with van der Waals surface area (Å²) in [7, 11) is 2.22. The Bertz CT molecular complexity index is 934. The first-order chi connectivity index (χ1) is 12.7. The van der Waals surface area contributed by atoms with Crippen molar-refractivity contribution in [2.45, 2.75) is 43.8 Å². The number of thiophene rings is 1. The van der Waals surface area contributed by atoms with Crippen molar-refractivity contribution in [3.63, 3.8) is 0 Å². The van der Waals surface area contributed by atoms with Crippen LogP contribution >= 0.6 is 11.3 Å². The number of fused-ring (bicyclic) bond motifs is 3. The predicted octanol–water partition coefficient (Wildman–Crippen LogP) is 3.65. The van der Waals surface area contributed by atoms with Crippen LogP contribution in [-0.4, -0.2) is 46.2 Å². The van der Waals surface area contributed by atoms with Gasteiger partial charge < -0.3 is 10.2 Å². The van der Waals surface area contributed by atoms with Crippen LogP contribution in [0, 0.1) is 0 Å². The maximum Gasteiger partial charge on any atom is 0.272 e. The Morgan fingerprint density at radius 1 is 1.27 bits per heavy atom. The summed E-state index contributed by atoms with van der Waals surface area (Å²) in [5.41, 5.74) is 2.56. The topological polar surface area (TPSA) is 61.0 Å². The molecule has 2 N–H and O–H groups in total. The van der Waals surface area contributed by atoms with Crippen LogP contribution in [0.5, 0.6) is 0 Å². The number of nitrogens with zero attached hydrogens (tertiary/aromatic N) is 2. The van der Waals surface area contributed by atoms with Crippen molar-refractivity contribution >= 4 is 28.1 Å². The molecule has 26 heavy (non-hydrogen) atoms. The molecule has 2 saturated heterocycles. The first kappa shape index (κ1) is 16.0. The average molecular weight is 366 g/mol. The Morgan fingerprint density at radius 2 is 2.08 bits per heavy atom. The third-order valence-electron chi connectivity index (χ3n) is 6.02. The number of H-pyrrole nitrogens is 1. The molecule has 2 aliphatic rings. The molecule has 6 heteroatoms. The normalized spacial score (nSPS) is 25.7. The number of hydrogen-bond donors (Lipinski definition) is 2. The molecule has 0 radical (unpaired) electrons. The summed E-state index contributed by atoms with van der Waals surface area (Å²) in [5.74, 6) is -0.0610. The van der Waals surface area contributed by atoms with E-state index in [0.717, 1.165) is 29.3 Å².